The van der Waals surface area contributed by atoms with E-state index in [0.717, 1.165) is 23.2 Å². The molecule has 7 nitrogen and oxygen atoms in total. The zero-order valence-corrected chi connectivity index (χ0v) is 18.0. The average molecular weight is 415 g/mol. The van der Waals surface area contributed by atoms with Crippen molar-refractivity contribution in [3.8, 4) is 5.69 Å². The van der Waals surface area contributed by atoms with Crippen LogP contribution in [0.15, 0.2) is 59.5 Å². The second-order valence-electron chi connectivity index (χ2n) is 7.48. The lowest BCUT2D eigenvalue weighted by molar-refractivity contribution is 0.657. The van der Waals surface area contributed by atoms with Crippen molar-refractivity contribution < 1.29 is 0 Å². The van der Waals surface area contributed by atoms with Gasteiger partial charge in [-0.25, -0.2) is 9.97 Å². The van der Waals surface area contributed by atoms with E-state index in [4.69, 9.17) is 10.7 Å². The van der Waals surface area contributed by atoms with Crippen LogP contribution in [-0.4, -0.2) is 19.5 Å². The Bertz CT molecular complexity index is 1280. The molecule has 0 saturated heterocycles. The lowest BCUT2D eigenvalue weighted by Gasteiger charge is -2.23. The van der Waals surface area contributed by atoms with Crippen LogP contribution in [0.5, 0.6) is 0 Å². The maximum atomic E-state index is 13.7. The number of nitrogens with two attached hydrogens (primary N) is 1. The molecule has 0 aliphatic rings. The summed E-state index contributed by atoms with van der Waals surface area (Å²) in [6.45, 7) is 6.03. The molecule has 0 saturated carbocycles. The van der Waals surface area contributed by atoms with Crippen LogP contribution in [0, 0.1) is 6.92 Å². The van der Waals surface area contributed by atoms with Gasteiger partial charge in [0.15, 0.2) is 0 Å². The first-order valence-corrected chi connectivity index (χ1v) is 10.5. The minimum Gasteiger partial charge on any atom is -0.368 e. The summed E-state index contributed by atoms with van der Waals surface area (Å²) in [5.41, 5.74) is 9.08. The summed E-state index contributed by atoms with van der Waals surface area (Å²) in [7, 11) is 0. The Hall–Kier alpha value is -3.74. The molecule has 0 radical (unpaired) electrons. The van der Waals surface area contributed by atoms with Crippen molar-refractivity contribution in [2.24, 2.45) is 0 Å². The van der Waals surface area contributed by atoms with Gasteiger partial charge in [0, 0.05) is 11.8 Å². The van der Waals surface area contributed by atoms with Crippen molar-refractivity contribution in [2.45, 2.75) is 39.7 Å². The summed E-state index contributed by atoms with van der Waals surface area (Å²) in [4.78, 5) is 27.1. The van der Waals surface area contributed by atoms with Gasteiger partial charge in [0.05, 0.1) is 22.6 Å². The van der Waals surface area contributed by atoms with Crippen LogP contribution >= 0.6 is 0 Å². The number of hydrogen-bond acceptors (Lipinski definition) is 6. The fraction of sp³-hybridized carbons (Fsp3) is 0.250. The van der Waals surface area contributed by atoms with Crippen molar-refractivity contribution in [1.82, 2.24) is 19.5 Å². The third kappa shape index (κ3) is 3.86. The van der Waals surface area contributed by atoms with E-state index in [1.807, 2.05) is 62.4 Å². The van der Waals surface area contributed by atoms with Crippen LogP contribution in [0.3, 0.4) is 0 Å². The third-order valence-electron chi connectivity index (χ3n) is 5.44. The number of nitrogens with zero attached hydrogens (tertiary/aromatic N) is 4. The normalized spacial score (nSPS) is 12.1. The van der Waals surface area contributed by atoms with Gasteiger partial charge in [0.25, 0.3) is 5.56 Å². The number of anilines is 2. The Morgan fingerprint density at radius 3 is 2.55 bits per heavy atom. The highest BCUT2D eigenvalue weighted by Gasteiger charge is 2.22. The van der Waals surface area contributed by atoms with Gasteiger partial charge in [-0.2, -0.15) is 4.98 Å². The third-order valence-corrected chi connectivity index (χ3v) is 5.44. The predicted octanol–water partition coefficient (Wildman–Crippen LogP) is 4.19. The monoisotopic (exact) mass is 414 g/mol. The lowest BCUT2D eigenvalue weighted by atomic mass is 10.1. The Balaban J connectivity index is 1.95. The van der Waals surface area contributed by atoms with Crippen LogP contribution < -0.4 is 16.6 Å². The summed E-state index contributed by atoms with van der Waals surface area (Å²) in [5.74, 6) is 1.51. The molecule has 158 valence electrons. The molecular weight excluding hydrogens is 388 g/mol. The molecule has 4 rings (SSSR count). The molecule has 4 aromatic rings. The average Bonchev–Trinajstić information content (AvgIpc) is 2.78. The molecule has 31 heavy (non-hydrogen) atoms. The van der Waals surface area contributed by atoms with Gasteiger partial charge in [-0.1, -0.05) is 44.2 Å². The van der Waals surface area contributed by atoms with Crippen molar-refractivity contribution in [1.29, 1.82) is 0 Å². The van der Waals surface area contributed by atoms with Gasteiger partial charge in [-0.05, 0) is 43.5 Å². The van der Waals surface area contributed by atoms with Crippen molar-refractivity contribution >= 4 is 22.7 Å². The number of fused-ring (bicyclic) bond motifs is 1. The molecular formula is C24H26N6O. The van der Waals surface area contributed by atoms with E-state index in [1.54, 1.807) is 10.8 Å². The molecule has 0 spiro atoms. The molecule has 1 atom stereocenters. The highest BCUT2D eigenvalue weighted by Crippen LogP contribution is 2.26. The Labute approximate surface area is 181 Å². The summed E-state index contributed by atoms with van der Waals surface area (Å²) < 4.78 is 1.70. The van der Waals surface area contributed by atoms with E-state index in [2.05, 4.69) is 22.2 Å². The number of para-hydroxylation sites is 1. The number of rotatable bonds is 6. The number of nitrogen functional groups attached to an aromatic ring is 1. The highest BCUT2D eigenvalue weighted by molar-refractivity contribution is 5.81. The lowest BCUT2D eigenvalue weighted by Crippen LogP contribution is -2.29. The van der Waals surface area contributed by atoms with Gasteiger partial charge in [-0.15, -0.1) is 0 Å². The Kier molecular flexibility index (Phi) is 5.66. The van der Waals surface area contributed by atoms with E-state index < -0.39 is 0 Å². The first-order valence-electron chi connectivity index (χ1n) is 10.5. The number of benzene rings is 2. The maximum absolute atomic E-state index is 13.7. The molecule has 2 heterocycles. The molecule has 0 fully saturated rings. The van der Waals surface area contributed by atoms with E-state index in [0.29, 0.717) is 29.0 Å². The molecule has 2 aromatic heterocycles. The number of hydrogen-bond donors (Lipinski definition) is 2. The molecule has 0 aliphatic heterocycles. The van der Waals surface area contributed by atoms with Crippen molar-refractivity contribution in [2.75, 3.05) is 11.1 Å². The van der Waals surface area contributed by atoms with Gasteiger partial charge < -0.3 is 11.1 Å². The molecule has 3 N–H and O–H groups in total. The topological polar surface area (TPSA) is 98.7 Å². The second kappa shape index (κ2) is 8.55. The van der Waals surface area contributed by atoms with Gasteiger partial charge in [-0.3, -0.25) is 9.36 Å². The van der Waals surface area contributed by atoms with E-state index in [9.17, 15) is 4.79 Å². The first-order chi connectivity index (χ1) is 15.0. The van der Waals surface area contributed by atoms with E-state index in [-0.39, 0.29) is 17.5 Å². The molecule has 2 aromatic carbocycles. The summed E-state index contributed by atoms with van der Waals surface area (Å²) in [6.07, 6.45) is 3.19. The first kappa shape index (κ1) is 20.5. The molecule has 7 heteroatoms. The van der Waals surface area contributed by atoms with E-state index >= 15 is 0 Å². The number of aromatic nitrogens is 4. The van der Waals surface area contributed by atoms with Gasteiger partial charge >= 0.3 is 0 Å². The minimum atomic E-state index is -0.252. The summed E-state index contributed by atoms with van der Waals surface area (Å²) >= 11 is 0. The van der Waals surface area contributed by atoms with Crippen LogP contribution in [0.2, 0.25) is 0 Å². The van der Waals surface area contributed by atoms with Crippen LogP contribution in [-0.2, 0) is 6.42 Å². The Morgan fingerprint density at radius 1 is 1.06 bits per heavy atom. The van der Waals surface area contributed by atoms with Crippen LogP contribution in [0.1, 0.15) is 43.3 Å². The van der Waals surface area contributed by atoms with Gasteiger partial charge in [0.1, 0.15) is 11.6 Å². The van der Waals surface area contributed by atoms with Crippen LogP contribution in [0.25, 0.3) is 16.6 Å². The molecule has 1 unspecified atom stereocenters. The molecule has 0 aliphatic carbocycles. The van der Waals surface area contributed by atoms with Crippen LogP contribution in [0.4, 0.5) is 11.8 Å². The maximum Gasteiger partial charge on any atom is 0.266 e. The Morgan fingerprint density at radius 2 is 1.84 bits per heavy atom. The number of aryl methyl sites for hydroxylation is 2. The molecule has 0 amide bonds. The standard InChI is InChI=1S/C24H26N6O/c1-4-16-14-26-24(25)29-21(16)27-18(5-2)22-28-19-13-9-10-15(3)20(19)23(31)30(22)17-11-7-6-8-12-17/h6-14,18H,4-5H2,1-3H3,(H3,25,26,27,29). The summed E-state index contributed by atoms with van der Waals surface area (Å²) in [6, 6.07) is 15.1. The largest absolute Gasteiger partial charge is 0.368 e. The van der Waals surface area contributed by atoms with Crippen molar-refractivity contribution in [3.05, 3.63) is 82.0 Å². The quantitative estimate of drug-likeness (QED) is 0.491. The van der Waals surface area contributed by atoms with Gasteiger partial charge in [0.2, 0.25) is 5.95 Å². The molecule has 0 bridgehead atoms. The predicted molar refractivity (Wildman–Crippen MR) is 125 cm³/mol. The fourth-order valence-corrected chi connectivity index (χ4v) is 3.79. The minimum absolute atomic E-state index is 0.0810. The summed E-state index contributed by atoms with van der Waals surface area (Å²) in [5, 5.41) is 4.10. The zero-order chi connectivity index (χ0) is 22.0. The zero-order valence-electron chi connectivity index (χ0n) is 18.0. The SMILES string of the molecule is CCc1cnc(N)nc1NC(CC)c1nc2cccc(C)c2c(=O)n1-c1ccccc1. The fourth-order valence-electron chi connectivity index (χ4n) is 3.79. The van der Waals surface area contributed by atoms with E-state index in [1.165, 1.54) is 0 Å². The number of nitrogens with one attached hydrogen (secondary N) is 1. The second-order valence-corrected chi connectivity index (χ2v) is 7.48. The smallest absolute Gasteiger partial charge is 0.266 e. The van der Waals surface area contributed by atoms with Crippen molar-refractivity contribution in [3.63, 3.8) is 0 Å². The highest BCUT2D eigenvalue weighted by atomic mass is 16.1.